The van der Waals surface area contributed by atoms with E-state index in [-0.39, 0.29) is 5.91 Å². The molecule has 112 valence electrons. The summed E-state index contributed by atoms with van der Waals surface area (Å²) in [6, 6.07) is 11.5. The molecular weight excluding hydrogens is 309 g/mol. The highest BCUT2D eigenvalue weighted by atomic mass is 35.5. The Morgan fingerprint density at radius 3 is 2.52 bits per heavy atom. The molecule has 0 radical (unpaired) electrons. The van der Waals surface area contributed by atoms with E-state index in [0.717, 1.165) is 18.7 Å². The number of para-hydroxylation sites is 1. The Kier molecular flexibility index (Phi) is 5.53. The van der Waals surface area contributed by atoms with Crippen LogP contribution in [0.1, 0.15) is 16.9 Å². The number of rotatable bonds is 6. The van der Waals surface area contributed by atoms with E-state index < -0.39 is 0 Å². The van der Waals surface area contributed by atoms with Crippen molar-refractivity contribution in [2.75, 3.05) is 18.4 Å². The molecule has 0 aliphatic rings. The third-order valence-corrected chi connectivity index (χ3v) is 3.93. The summed E-state index contributed by atoms with van der Waals surface area (Å²) in [4.78, 5) is 12.0. The Morgan fingerprint density at radius 1 is 1.19 bits per heavy atom. The number of carbonyl (C=O) groups is 1. The molecule has 1 aromatic heterocycles. The second kappa shape index (κ2) is 7.38. The molecule has 0 fully saturated rings. The highest BCUT2D eigenvalue weighted by Gasteiger charge is 2.14. The van der Waals surface area contributed by atoms with Crippen molar-refractivity contribution in [2.24, 2.45) is 7.05 Å². The zero-order valence-electron chi connectivity index (χ0n) is 11.7. The third kappa shape index (κ3) is 4.16. The molecule has 1 amide bonds. The van der Waals surface area contributed by atoms with E-state index in [1.165, 1.54) is 0 Å². The molecule has 2 aromatic rings. The number of nitrogens with zero attached hydrogens (tertiary/aromatic N) is 1. The van der Waals surface area contributed by atoms with Gasteiger partial charge in [-0.2, -0.15) is 0 Å². The molecule has 0 spiro atoms. The summed E-state index contributed by atoms with van der Waals surface area (Å²) in [5, 5.41) is 6.89. The maximum absolute atomic E-state index is 12.0. The van der Waals surface area contributed by atoms with Crippen molar-refractivity contribution in [3.63, 3.8) is 0 Å². The van der Waals surface area contributed by atoms with E-state index in [0.29, 0.717) is 22.4 Å². The summed E-state index contributed by atoms with van der Waals surface area (Å²) in [5.74, 6) is -0.175. The average molecular weight is 326 g/mol. The lowest BCUT2D eigenvalue weighted by Gasteiger charge is -2.08. The van der Waals surface area contributed by atoms with Gasteiger partial charge >= 0.3 is 0 Å². The Bertz CT molecular complexity index is 611. The van der Waals surface area contributed by atoms with E-state index in [4.69, 9.17) is 23.2 Å². The molecule has 0 bridgehead atoms. The highest BCUT2D eigenvalue weighted by Crippen LogP contribution is 2.24. The second-order valence-electron chi connectivity index (χ2n) is 4.63. The van der Waals surface area contributed by atoms with Crippen LogP contribution >= 0.6 is 23.2 Å². The van der Waals surface area contributed by atoms with Crippen LogP contribution in [0.2, 0.25) is 10.2 Å². The number of aromatic nitrogens is 1. The molecule has 1 aromatic carbocycles. The van der Waals surface area contributed by atoms with Crippen LogP contribution in [-0.2, 0) is 7.05 Å². The zero-order valence-corrected chi connectivity index (χ0v) is 13.2. The maximum atomic E-state index is 12.0. The van der Waals surface area contributed by atoms with Crippen LogP contribution < -0.4 is 10.6 Å². The van der Waals surface area contributed by atoms with Crippen molar-refractivity contribution < 1.29 is 4.79 Å². The first-order valence-corrected chi connectivity index (χ1v) is 7.43. The van der Waals surface area contributed by atoms with Crippen LogP contribution in [0.15, 0.2) is 36.4 Å². The van der Waals surface area contributed by atoms with Gasteiger partial charge in [0.15, 0.2) is 0 Å². The van der Waals surface area contributed by atoms with Gasteiger partial charge in [0.05, 0.1) is 5.02 Å². The largest absolute Gasteiger partial charge is 0.385 e. The minimum Gasteiger partial charge on any atom is -0.385 e. The van der Waals surface area contributed by atoms with Crippen LogP contribution in [0, 0.1) is 0 Å². The topological polar surface area (TPSA) is 46.1 Å². The minimum atomic E-state index is -0.175. The minimum absolute atomic E-state index is 0.175. The molecule has 0 unspecified atom stereocenters. The Hall–Kier alpha value is -1.65. The number of halogens is 2. The monoisotopic (exact) mass is 325 g/mol. The molecule has 0 aliphatic heterocycles. The van der Waals surface area contributed by atoms with Crippen molar-refractivity contribution >= 4 is 34.8 Å². The van der Waals surface area contributed by atoms with Crippen LogP contribution in [0.5, 0.6) is 0 Å². The molecule has 4 nitrogen and oxygen atoms in total. The van der Waals surface area contributed by atoms with Crippen molar-refractivity contribution in [3.8, 4) is 0 Å². The molecule has 0 atom stereocenters. The molecule has 0 saturated heterocycles. The molecule has 0 aliphatic carbocycles. The first kappa shape index (κ1) is 15.7. The Morgan fingerprint density at radius 2 is 1.90 bits per heavy atom. The SMILES string of the molecule is Cn1c(C(=O)NCCCNc2ccccc2)cc(Cl)c1Cl. The van der Waals surface area contributed by atoms with E-state index in [1.807, 2.05) is 30.3 Å². The Labute approximate surface area is 134 Å². The zero-order chi connectivity index (χ0) is 15.2. The summed E-state index contributed by atoms with van der Waals surface area (Å²) in [6.45, 7) is 1.37. The van der Waals surface area contributed by atoms with Crippen molar-refractivity contribution in [2.45, 2.75) is 6.42 Å². The molecular formula is C15H17Cl2N3O. The van der Waals surface area contributed by atoms with Gasteiger partial charge in [0.25, 0.3) is 5.91 Å². The van der Waals surface area contributed by atoms with Gasteiger partial charge in [0.2, 0.25) is 0 Å². The summed E-state index contributed by atoms with van der Waals surface area (Å²) in [6.07, 6.45) is 0.826. The maximum Gasteiger partial charge on any atom is 0.267 e. The van der Waals surface area contributed by atoms with Crippen LogP contribution in [0.4, 0.5) is 5.69 Å². The van der Waals surface area contributed by atoms with Gasteiger partial charge < -0.3 is 15.2 Å². The summed E-state index contributed by atoms with van der Waals surface area (Å²) < 4.78 is 1.57. The first-order chi connectivity index (χ1) is 10.1. The van der Waals surface area contributed by atoms with Crippen molar-refractivity contribution in [1.29, 1.82) is 0 Å². The van der Waals surface area contributed by atoms with E-state index in [9.17, 15) is 4.79 Å². The van der Waals surface area contributed by atoms with Gasteiger partial charge in [-0.1, -0.05) is 41.4 Å². The number of nitrogens with one attached hydrogen (secondary N) is 2. The van der Waals surface area contributed by atoms with Gasteiger partial charge in [-0.15, -0.1) is 0 Å². The lowest BCUT2D eigenvalue weighted by atomic mass is 10.3. The summed E-state index contributed by atoms with van der Waals surface area (Å²) in [7, 11) is 1.71. The predicted octanol–water partition coefficient (Wildman–Crippen LogP) is 3.56. The Balaban J connectivity index is 1.73. The quantitative estimate of drug-likeness (QED) is 0.797. The number of benzene rings is 1. The first-order valence-electron chi connectivity index (χ1n) is 6.67. The second-order valence-corrected chi connectivity index (χ2v) is 5.39. The molecule has 6 heteroatoms. The van der Waals surface area contributed by atoms with Crippen LogP contribution in [0.3, 0.4) is 0 Å². The van der Waals surface area contributed by atoms with Crippen molar-refractivity contribution in [1.82, 2.24) is 9.88 Å². The molecule has 2 rings (SSSR count). The van der Waals surface area contributed by atoms with E-state index >= 15 is 0 Å². The van der Waals surface area contributed by atoms with Gasteiger partial charge in [-0.25, -0.2) is 0 Å². The fraction of sp³-hybridized carbons (Fsp3) is 0.267. The average Bonchev–Trinajstić information content (AvgIpc) is 2.75. The van der Waals surface area contributed by atoms with Crippen molar-refractivity contribution in [3.05, 3.63) is 52.3 Å². The lowest BCUT2D eigenvalue weighted by Crippen LogP contribution is -2.27. The van der Waals surface area contributed by atoms with Gasteiger partial charge in [0.1, 0.15) is 10.8 Å². The van der Waals surface area contributed by atoms with Gasteiger partial charge in [-0.3, -0.25) is 4.79 Å². The molecule has 0 saturated carbocycles. The molecule has 1 heterocycles. The number of hydrogen-bond donors (Lipinski definition) is 2. The van der Waals surface area contributed by atoms with Gasteiger partial charge in [-0.05, 0) is 24.6 Å². The number of carbonyl (C=O) groups excluding carboxylic acids is 1. The van der Waals surface area contributed by atoms with E-state index in [2.05, 4.69) is 10.6 Å². The van der Waals surface area contributed by atoms with Crippen LogP contribution in [-0.4, -0.2) is 23.6 Å². The fourth-order valence-corrected chi connectivity index (χ4v) is 2.31. The predicted molar refractivity (Wildman–Crippen MR) is 87.3 cm³/mol. The summed E-state index contributed by atoms with van der Waals surface area (Å²) in [5.41, 5.74) is 1.53. The van der Waals surface area contributed by atoms with E-state index in [1.54, 1.807) is 17.7 Å². The number of amides is 1. The highest BCUT2D eigenvalue weighted by molar-refractivity contribution is 6.41. The van der Waals surface area contributed by atoms with Crippen LogP contribution in [0.25, 0.3) is 0 Å². The molecule has 2 N–H and O–H groups in total. The van der Waals surface area contributed by atoms with Gasteiger partial charge in [0, 0.05) is 25.8 Å². The lowest BCUT2D eigenvalue weighted by molar-refractivity contribution is 0.0945. The number of hydrogen-bond acceptors (Lipinski definition) is 2. The third-order valence-electron chi connectivity index (χ3n) is 3.09. The number of anilines is 1. The smallest absolute Gasteiger partial charge is 0.267 e. The standard InChI is InChI=1S/C15H17Cl2N3O/c1-20-13(10-12(16)14(20)17)15(21)19-9-5-8-18-11-6-3-2-4-7-11/h2-4,6-7,10,18H,5,8-9H2,1H3,(H,19,21). The summed E-state index contributed by atoms with van der Waals surface area (Å²) >= 11 is 11.8. The normalized spacial score (nSPS) is 10.4. The fourth-order valence-electron chi connectivity index (χ4n) is 1.93. The molecule has 21 heavy (non-hydrogen) atoms.